The minimum atomic E-state index is -0.389. The van der Waals surface area contributed by atoms with Gasteiger partial charge in [0.1, 0.15) is 0 Å². The van der Waals surface area contributed by atoms with Crippen LogP contribution >= 0.6 is 15.9 Å². The lowest BCUT2D eigenvalue weighted by molar-refractivity contribution is -0.384. The fourth-order valence-corrected chi connectivity index (χ4v) is 2.08. The van der Waals surface area contributed by atoms with E-state index in [0.717, 1.165) is 15.4 Å². The Morgan fingerprint density at radius 1 is 1.50 bits per heavy atom. The second-order valence-corrected chi connectivity index (χ2v) is 3.90. The van der Waals surface area contributed by atoms with Crippen LogP contribution in [0.2, 0.25) is 0 Å². The lowest BCUT2D eigenvalue weighted by Crippen LogP contribution is -1.89. The fourth-order valence-electron chi connectivity index (χ4n) is 1.44. The Morgan fingerprint density at radius 3 is 2.86 bits per heavy atom. The van der Waals surface area contributed by atoms with Gasteiger partial charge in [-0.15, -0.1) is 0 Å². The predicted molar refractivity (Wildman–Crippen MR) is 57.3 cm³/mol. The Labute approximate surface area is 88.4 Å². The molecular weight excluding hydrogens is 248 g/mol. The molecule has 72 valence electrons. The van der Waals surface area contributed by atoms with Gasteiger partial charge in [-0.2, -0.15) is 0 Å². The summed E-state index contributed by atoms with van der Waals surface area (Å²) < 4.78 is 2.80. The number of nitro benzene ring substituents is 1. The first-order valence-corrected chi connectivity index (χ1v) is 4.78. The van der Waals surface area contributed by atoms with Crippen LogP contribution in [0.25, 0.3) is 10.9 Å². The number of halogens is 1. The van der Waals surface area contributed by atoms with Gasteiger partial charge >= 0.3 is 0 Å². The molecule has 0 aliphatic heterocycles. The van der Waals surface area contributed by atoms with Crippen LogP contribution in [0.4, 0.5) is 5.69 Å². The van der Waals surface area contributed by atoms with Crippen molar-refractivity contribution < 1.29 is 4.92 Å². The van der Waals surface area contributed by atoms with Crippen LogP contribution < -0.4 is 0 Å². The minimum Gasteiger partial charge on any atom is -0.349 e. The third-order valence-corrected chi connectivity index (χ3v) is 2.77. The van der Waals surface area contributed by atoms with E-state index >= 15 is 0 Å². The summed E-state index contributed by atoms with van der Waals surface area (Å²) in [6.45, 7) is 0. The van der Waals surface area contributed by atoms with E-state index < -0.39 is 0 Å². The van der Waals surface area contributed by atoms with Crippen molar-refractivity contribution in [2.45, 2.75) is 0 Å². The van der Waals surface area contributed by atoms with Crippen LogP contribution in [0.15, 0.2) is 28.9 Å². The highest BCUT2D eigenvalue weighted by Crippen LogP contribution is 2.28. The molecule has 0 spiro atoms. The third-order valence-electron chi connectivity index (χ3n) is 2.14. The molecule has 0 saturated heterocycles. The highest BCUT2D eigenvalue weighted by atomic mass is 79.9. The maximum atomic E-state index is 10.5. The van der Waals surface area contributed by atoms with Gasteiger partial charge in [0.2, 0.25) is 0 Å². The molecule has 4 nitrogen and oxygen atoms in total. The molecule has 2 rings (SSSR count). The van der Waals surface area contributed by atoms with E-state index in [1.807, 2.05) is 17.8 Å². The summed E-state index contributed by atoms with van der Waals surface area (Å²) in [7, 11) is 1.86. The summed E-state index contributed by atoms with van der Waals surface area (Å²) in [6, 6.07) is 4.82. The van der Waals surface area contributed by atoms with Crippen LogP contribution in [0.1, 0.15) is 0 Å². The molecule has 0 amide bonds. The average molecular weight is 255 g/mol. The standard InChI is InChI=1S/C9H7BrN2O2/c1-11-5-8(10)7-3-2-6(12(13)14)4-9(7)11/h2-5H,1H3. The summed E-state index contributed by atoms with van der Waals surface area (Å²) in [5.74, 6) is 0. The number of aryl methyl sites for hydroxylation is 1. The van der Waals surface area contributed by atoms with Gasteiger partial charge in [0, 0.05) is 35.2 Å². The molecule has 1 heterocycles. The first-order chi connectivity index (χ1) is 6.59. The Bertz CT molecular complexity index is 519. The van der Waals surface area contributed by atoms with Crippen LogP contribution in [-0.4, -0.2) is 9.49 Å². The smallest absolute Gasteiger partial charge is 0.271 e. The van der Waals surface area contributed by atoms with Crippen molar-refractivity contribution in [3.63, 3.8) is 0 Å². The van der Waals surface area contributed by atoms with Crippen molar-refractivity contribution in [2.24, 2.45) is 7.05 Å². The van der Waals surface area contributed by atoms with Crippen molar-refractivity contribution in [3.8, 4) is 0 Å². The third kappa shape index (κ3) is 1.29. The van der Waals surface area contributed by atoms with E-state index in [4.69, 9.17) is 0 Å². The predicted octanol–water partition coefficient (Wildman–Crippen LogP) is 2.85. The second kappa shape index (κ2) is 3.09. The molecule has 0 N–H and O–H groups in total. The van der Waals surface area contributed by atoms with E-state index in [2.05, 4.69) is 15.9 Å². The SMILES string of the molecule is Cn1cc(Br)c2ccc([N+](=O)[O-])cc21. The molecule has 2 aromatic rings. The van der Waals surface area contributed by atoms with E-state index in [1.54, 1.807) is 12.1 Å². The van der Waals surface area contributed by atoms with Crippen LogP contribution in [0, 0.1) is 10.1 Å². The lowest BCUT2D eigenvalue weighted by Gasteiger charge is -1.95. The van der Waals surface area contributed by atoms with E-state index in [-0.39, 0.29) is 10.6 Å². The minimum absolute atomic E-state index is 0.117. The summed E-state index contributed by atoms with van der Waals surface area (Å²) in [5, 5.41) is 11.5. The molecule has 0 aliphatic carbocycles. The molecule has 0 fully saturated rings. The first kappa shape index (κ1) is 9.21. The summed E-state index contributed by atoms with van der Waals surface area (Å²) in [6.07, 6.45) is 1.88. The normalized spacial score (nSPS) is 10.7. The van der Waals surface area contributed by atoms with Gasteiger partial charge in [0.25, 0.3) is 5.69 Å². The topological polar surface area (TPSA) is 48.1 Å². The largest absolute Gasteiger partial charge is 0.349 e. The quantitative estimate of drug-likeness (QED) is 0.581. The van der Waals surface area contributed by atoms with Crippen molar-refractivity contribution in [1.82, 2.24) is 4.57 Å². The molecule has 0 aliphatic rings. The molecule has 0 radical (unpaired) electrons. The van der Waals surface area contributed by atoms with Crippen molar-refractivity contribution in [2.75, 3.05) is 0 Å². The Morgan fingerprint density at radius 2 is 2.21 bits per heavy atom. The first-order valence-electron chi connectivity index (χ1n) is 3.98. The molecule has 0 bridgehead atoms. The summed E-state index contributed by atoms with van der Waals surface area (Å²) >= 11 is 3.39. The van der Waals surface area contributed by atoms with Gasteiger partial charge in [-0.05, 0) is 22.0 Å². The molecule has 5 heteroatoms. The van der Waals surface area contributed by atoms with Gasteiger partial charge in [0.15, 0.2) is 0 Å². The zero-order valence-corrected chi connectivity index (χ0v) is 8.98. The van der Waals surface area contributed by atoms with Crippen molar-refractivity contribution in [3.05, 3.63) is 39.0 Å². The number of non-ortho nitro benzene ring substituents is 1. The number of aromatic nitrogens is 1. The number of fused-ring (bicyclic) bond motifs is 1. The Hall–Kier alpha value is -1.36. The Kier molecular flexibility index (Phi) is 2.03. The molecule has 0 saturated carbocycles. The van der Waals surface area contributed by atoms with Crippen LogP contribution in [0.5, 0.6) is 0 Å². The molecule has 1 aromatic carbocycles. The van der Waals surface area contributed by atoms with Gasteiger partial charge in [0.05, 0.1) is 10.4 Å². The van der Waals surface area contributed by atoms with E-state index in [1.165, 1.54) is 6.07 Å². The lowest BCUT2D eigenvalue weighted by atomic mass is 10.2. The zero-order valence-electron chi connectivity index (χ0n) is 7.40. The highest BCUT2D eigenvalue weighted by molar-refractivity contribution is 9.10. The van der Waals surface area contributed by atoms with Crippen molar-refractivity contribution in [1.29, 1.82) is 0 Å². The second-order valence-electron chi connectivity index (χ2n) is 3.05. The summed E-state index contributed by atoms with van der Waals surface area (Å²) in [4.78, 5) is 10.2. The van der Waals surface area contributed by atoms with Gasteiger partial charge in [-0.25, -0.2) is 0 Å². The number of nitrogens with zero attached hydrogens (tertiary/aromatic N) is 2. The van der Waals surface area contributed by atoms with Crippen LogP contribution in [-0.2, 0) is 7.05 Å². The zero-order chi connectivity index (χ0) is 10.3. The number of benzene rings is 1. The van der Waals surface area contributed by atoms with Gasteiger partial charge in [-0.3, -0.25) is 10.1 Å². The van der Waals surface area contributed by atoms with Crippen LogP contribution in [0.3, 0.4) is 0 Å². The molecule has 14 heavy (non-hydrogen) atoms. The Balaban J connectivity index is 2.77. The molecule has 0 unspecified atom stereocenters. The number of hydrogen-bond donors (Lipinski definition) is 0. The molecule has 1 aromatic heterocycles. The highest BCUT2D eigenvalue weighted by Gasteiger charge is 2.10. The average Bonchev–Trinajstić information content (AvgIpc) is 2.42. The molecular formula is C9H7BrN2O2. The van der Waals surface area contributed by atoms with E-state index in [0.29, 0.717) is 0 Å². The maximum Gasteiger partial charge on any atom is 0.271 e. The number of rotatable bonds is 1. The van der Waals surface area contributed by atoms with Gasteiger partial charge < -0.3 is 4.57 Å². The molecule has 0 atom stereocenters. The fraction of sp³-hybridized carbons (Fsp3) is 0.111. The number of hydrogen-bond acceptors (Lipinski definition) is 2. The number of nitro groups is 1. The van der Waals surface area contributed by atoms with Gasteiger partial charge in [-0.1, -0.05) is 0 Å². The monoisotopic (exact) mass is 254 g/mol. The van der Waals surface area contributed by atoms with Crippen molar-refractivity contribution >= 4 is 32.5 Å². The van der Waals surface area contributed by atoms with E-state index in [9.17, 15) is 10.1 Å². The summed E-state index contributed by atoms with van der Waals surface area (Å²) in [5.41, 5.74) is 0.970. The maximum absolute atomic E-state index is 10.5.